The van der Waals surface area contributed by atoms with Crippen LogP contribution in [0.1, 0.15) is 31.1 Å². The lowest BCUT2D eigenvalue weighted by Gasteiger charge is -2.39. The highest BCUT2D eigenvalue weighted by Crippen LogP contribution is 2.41. The molecule has 0 radical (unpaired) electrons. The fourth-order valence-electron chi connectivity index (χ4n) is 4.79. The van der Waals surface area contributed by atoms with Crippen LogP contribution in [0, 0.1) is 5.92 Å². The Kier molecular flexibility index (Phi) is 6.83. The SMILES string of the molecule is COc1ccc(CN2C(=O)[C@H](C)[C@H](OC(C)=O)[C@]2(COC(C)=O)C(=O)n2ccc3ccccc32)cc1. The van der Waals surface area contributed by atoms with E-state index < -0.39 is 47.9 Å². The number of hydrogen-bond acceptors (Lipinski definition) is 7. The van der Waals surface area contributed by atoms with Crippen molar-refractivity contribution in [3.8, 4) is 5.75 Å². The van der Waals surface area contributed by atoms with Crippen LogP contribution in [0.4, 0.5) is 0 Å². The Balaban J connectivity index is 1.89. The topological polar surface area (TPSA) is 104 Å². The number of carbonyl (C=O) groups is 4. The summed E-state index contributed by atoms with van der Waals surface area (Å²) in [6.07, 6.45) is 0.417. The molecule has 0 bridgehead atoms. The minimum absolute atomic E-state index is 0.0249. The lowest BCUT2D eigenvalue weighted by atomic mass is 9.88. The van der Waals surface area contributed by atoms with Gasteiger partial charge in [-0.2, -0.15) is 0 Å². The smallest absolute Gasteiger partial charge is 0.303 e. The first-order chi connectivity index (χ1) is 17.2. The number of rotatable bonds is 7. The van der Waals surface area contributed by atoms with Crippen LogP contribution in [-0.4, -0.2) is 58.6 Å². The van der Waals surface area contributed by atoms with Gasteiger partial charge in [0.1, 0.15) is 18.5 Å². The Bertz CT molecular complexity index is 1310. The Morgan fingerprint density at radius 1 is 0.972 bits per heavy atom. The summed E-state index contributed by atoms with van der Waals surface area (Å²) in [5.74, 6) is -2.43. The van der Waals surface area contributed by atoms with Gasteiger partial charge in [-0.1, -0.05) is 30.3 Å². The van der Waals surface area contributed by atoms with Gasteiger partial charge in [-0.15, -0.1) is 0 Å². The van der Waals surface area contributed by atoms with Gasteiger partial charge in [-0.05, 0) is 36.8 Å². The number of amides is 1. The lowest BCUT2D eigenvalue weighted by molar-refractivity contribution is -0.157. The van der Waals surface area contributed by atoms with E-state index in [1.807, 2.05) is 12.1 Å². The van der Waals surface area contributed by atoms with Gasteiger partial charge < -0.3 is 19.1 Å². The van der Waals surface area contributed by atoms with Crippen molar-refractivity contribution in [2.75, 3.05) is 13.7 Å². The number of esters is 2. The third kappa shape index (κ3) is 4.32. The summed E-state index contributed by atoms with van der Waals surface area (Å²) in [5.41, 5.74) is -0.463. The first-order valence-corrected chi connectivity index (χ1v) is 11.5. The highest BCUT2D eigenvalue weighted by molar-refractivity contribution is 6.03. The Labute approximate surface area is 208 Å². The predicted molar refractivity (Wildman–Crippen MR) is 130 cm³/mol. The van der Waals surface area contributed by atoms with E-state index in [9.17, 15) is 19.2 Å². The van der Waals surface area contributed by atoms with Crippen LogP contribution in [0.3, 0.4) is 0 Å². The lowest BCUT2D eigenvalue weighted by Crippen LogP contribution is -2.63. The number of carbonyl (C=O) groups excluding carboxylic acids is 4. The van der Waals surface area contributed by atoms with Crippen LogP contribution in [0.15, 0.2) is 60.8 Å². The van der Waals surface area contributed by atoms with Gasteiger partial charge in [0.25, 0.3) is 5.91 Å². The van der Waals surface area contributed by atoms with Crippen molar-refractivity contribution in [2.45, 2.75) is 39.0 Å². The zero-order valence-corrected chi connectivity index (χ0v) is 20.6. The van der Waals surface area contributed by atoms with Gasteiger partial charge in [-0.25, -0.2) is 0 Å². The number of nitrogens with zero attached hydrogens (tertiary/aromatic N) is 2. The standard InChI is InChI=1S/C27H28N2O7/c1-17-24(36-19(3)31)27(16-35-18(2)30,26(33)28-14-13-21-7-5-6-8-23(21)28)29(25(17)32)15-20-9-11-22(34-4)12-10-20/h5-14,17,24H,15-16H2,1-4H3/t17-,24+,27-/m1/s1. The van der Waals surface area contributed by atoms with Crippen molar-refractivity contribution in [1.29, 1.82) is 0 Å². The fraction of sp³-hybridized carbons (Fsp3) is 0.333. The molecule has 0 N–H and O–H groups in total. The average Bonchev–Trinajstić information content (AvgIpc) is 3.37. The van der Waals surface area contributed by atoms with Crippen LogP contribution in [0.2, 0.25) is 0 Å². The van der Waals surface area contributed by atoms with Crippen LogP contribution in [0.25, 0.3) is 10.9 Å². The molecule has 3 aromatic rings. The summed E-state index contributed by atoms with van der Waals surface area (Å²) in [5, 5.41) is 0.816. The van der Waals surface area contributed by atoms with E-state index in [0.29, 0.717) is 11.3 Å². The van der Waals surface area contributed by atoms with Crippen molar-refractivity contribution < 1.29 is 33.4 Å². The number of methoxy groups -OCH3 is 1. The molecular weight excluding hydrogens is 464 g/mol. The van der Waals surface area contributed by atoms with Crippen molar-refractivity contribution in [3.05, 3.63) is 66.4 Å². The van der Waals surface area contributed by atoms with E-state index >= 15 is 0 Å². The highest BCUT2D eigenvalue weighted by Gasteiger charge is 2.64. The molecule has 1 aromatic heterocycles. The zero-order valence-electron chi connectivity index (χ0n) is 20.6. The summed E-state index contributed by atoms with van der Waals surface area (Å²) in [7, 11) is 1.55. The summed E-state index contributed by atoms with van der Waals surface area (Å²) in [4.78, 5) is 53.5. The van der Waals surface area contributed by atoms with Crippen LogP contribution in [-0.2, 0) is 30.4 Å². The van der Waals surface area contributed by atoms with Crippen LogP contribution >= 0.6 is 0 Å². The number of ether oxygens (including phenoxy) is 3. The predicted octanol–water partition coefficient (Wildman–Crippen LogP) is 3.20. The van der Waals surface area contributed by atoms with Gasteiger partial charge >= 0.3 is 11.9 Å². The Morgan fingerprint density at radius 2 is 1.67 bits per heavy atom. The molecule has 36 heavy (non-hydrogen) atoms. The molecule has 0 unspecified atom stereocenters. The number of aromatic nitrogens is 1. The molecule has 9 nitrogen and oxygen atoms in total. The fourth-order valence-corrected chi connectivity index (χ4v) is 4.79. The maximum Gasteiger partial charge on any atom is 0.303 e. The Morgan fingerprint density at radius 3 is 2.31 bits per heavy atom. The minimum atomic E-state index is -1.80. The molecule has 0 aliphatic carbocycles. The number of hydrogen-bond donors (Lipinski definition) is 0. The second kappa shape index (κ2) is 9.85. The average molecular weight is 493 g/mol. The second-order valence-electron chi connectivity index (χ2n) is 8.85. The number of likely N-dealkylation sites (tertiary alicyclic amines) is 1. The quantitative estimate of drug-likeness (QED) is 0.467. The van der Waals surface area contributed by atoms with Crippen molar-refractivity contribution in [2.24, 2.45) is 5.92 Å². The minimum Gasteiger partial charge on any atom is -0.497 e. The largest absolute Gasteiger partial charge is 0.497 e. The summed E-state index contributed by atoms with van der Waals surface area (Å²) >= 11 is 0. The first kappa shape index (κ1) is 25.0. The van der Waals surface area contributed by atoms with E-state index in [-0.39, 0.29) is 6.54 Å². The van der Waals surface area contributed by atoms with Gasteiger partial charge in [0.15, 0.2) is 5.54 Å². The molecule has 188 valence electrons. The molecule has 1 aliphatic rings. The molecule has 9 heteroatoms. The van der Waals surface area contributed by atoms with E-state index in [0.717, 1.165) is 10.9 Å². The third-order valence-electron chi connectivity index (χ3n) is 6.54. The number of benzene rings is 2. The molecule has 1 saturated heterocycles. The van der Waals surface area contributed by atoms with E-state index in [4.69, 9.17) is 14.2 Å². The monoisotopic (exact) mass is 492 g/mol. The molecule has 2 heterocycles. The molecule has 0 spiro atoms. The zero-order chi connectivity index (χ0) is 26.0. The third-order valence-corrected chi connectivity index (χ3v) is 6.54. The molecule has 1 amide bonds. The van der Waals surface area contributed by atoms with E-state index in [1.54, 1.807) is 62.7 Å². The molecule has 0 saturated carbocycles. The van der Waals surface area contributed by atoms with E-state index in [1.165, 1.54) is 23.3 Å². The highest BCUT2D eigenvalue weighted by atomic mass is 16.6. The number of para-hydroxylation sites is 1. The molecule has 3 atom stereocenters. The van der Waals surface area contributed by atoms with Crippen molar-refractivity contribution in [1.82, 2.24) is 9.47 Å². The summed E-state index contributed by atoms with van der Waals surface area (Å²) < 4.78 is 17.7. The first-order valence-electron chi connectivity index (χ1n) is 11.5. The van der Waals surface area contributed by atoms with Crippen molar-refractivity contribution >= 4 is 34.7 Å². The van der Waals surface area contributed by atoms with Gasteiger partial charge in [-0.3, -0.25) is 23.7 Å². The molecule has 4 rings (SSSR count). The van der Waals surface area contributed by atoms with Crippen LogP contribution < -0.4 is 4.74 Å². The molecule has 2 aromatic carbocycles. The van der Waals surface area contributed by atoms with Crippen LogP contribution in [0.5, 0.6) is 5.75 Å². The maximum atomic E-state index is 14.4. The van der Waals surface area contributed by atoms with Gasteiger partial charge in [0, 0.05) is 32.0 Å². The summed E-state index contributed by atoms with van der Waals surface area (Å²) in [6.45, 7) is 3.59. The summed E-state index contributed by atoms with van der Waals surface area (Å²) in [6, 6.07) is 16.1. The van der Waals surface area contributed by atoms with Gasteiger partial charge in [0.2, 0.25) is 5.91 Å². The van der Waals surface area contributed by atoms with Gasteiger partial charge in [0.05, 0.1) is 18.5 Å². The molecule has 1 fully saturated rings. The molecular formula is C27H28N2O7. The Hall–Kier alpha value is -4.14. The second-order valence-corrected chi connectivity index (χ2v) is 8.85. The maximum absolute atomic E-state index is 14.4. The molecule has 1 aliphatic heterocycles. The number of fused-ring (bicyclic) bond motifs is 1. The van der Waals surface area contributed by atoms with E-state index in [2.05, 4.69) is 0 Å². The normalized spacial score (nSPS) is 21.4. The van der Waals surface area contributed by atoms with Crippen molar-refractivity contribution in [3.63, 3.8) is 0 Å².